The highest BCUT2D eigenvalue weighted by molar-refractivity contribution is 5.79. The van der Waals surface area contributed by atoms with E-state index in [4.69, 9.17) is 9.84 Å². The van der Waals surface area contributed by atoms with Crippen LogP contribution >= 0.6 is 0 Å². The molecule has 1 fully saturated rings. The third kappa shape index (κ3) is 2.06. The molecule has 4 nitrogen and oxygen atoms in total. The van der Waals surface area contributed by atoms with Crippen LogP contribution in [0.15, 0.2) is 24.4 Å². The van der Waals surface area contributed by atoms with Gasteiger partial charge in [0.15, 0.2) is 0 Å². The number of aliphatic hydroxyl groups is 1. The van der Waals surface area contributed by atoms with E-state index in [2.05, 4.69) is 5.10 Å². The molecule has 0 amide bonds. The zero-order chi connectivity index (χ0) is 11.7. The van der Waals surface area contributed by atoms with Gasteiger partial charge < -0.3 is 9.84 Å². The lowest BCUT2D eigenvalue weighted by atomic mass is 10.1. The van der Waals surface area contributed by atoms with Crippen molar-refractivity contribution in [3.63, 3.8) is 0 Å². The smallest absolute Gasteiger partial charge is 0.0682 e. The number of ether oxygens (including phenoxy) is 1. The Morgan fingerprint density at radius 1 is 1.47 bits per heavy atom. The Morgan fingerprint density at radius 2 is 2.41 bits per heavy atom. The topological polar surface area (TPSA) is 47.3 Å². The van der Waals surface area contributed by atoms with Crippen LogP contribution in [0, 0.1) is 5.92 Å². The third-order valence-corrected chi connectivity index (χ3v) is 3.34. The van der Waals surface area contributed by atoms with Crippen LogP contribution in [0.5, 0.6) is 0 Å². The maximum atomic E-state index is 9.09. The van der Waals surface area contributed by atoms with Crippen LogP contribution in [0.25, 0.3) is 10.9 Å². The molecule has 17 heavy (non-hydrogen) atoms. The van der Waals surface area contributed by atoms with E-state index in [1.807, 2.05) is 29.1 Å². The van der Waals surface area contributed by atoms with Crippen molar-refractivity contribution in [1.29, 1.82) is 0 Å². The predicted octanol–water partition coefficient (Wildman–Crippen LogP) is 1.57. The van der Waals surface area contributed by atoms with Gasteiger partial charge in [-0.3, -0.25) is 4.68 Å². The fraction of sp³-hybridized carbons (Fsp3) is 0.462. The Kier molecular flexibility index (Phi) is 2.82. The monoisotopic (exact) mass is 232 g/mol. The molecule has 4 heteroatoms. The molecule has 1 saturated heterocycles. The predicted molar refractivity (Wildman–Crippen MR) is 64.6 cm³/mol. The lowest BCUT2D eigenvalue weighted by Gasteiger charge is -2.08. The van der Waals surface area contributed by atoms with Gasteiger partial charge in [-0.2, -0.15) is 5.10 Å². The lowest BCUT2D eigenvalue weighted by Crippen LogP contribution is -2.11. The van der Waals surface area contributed by atoms with Crippen molar-refractivity contribution in [2.24, 2.45) is 5.92 Å². The molecule has 1 atom stereocenters. The molecule has 0 radical (unpaired) electrons. The highest BCUT2D eigenvalue weighted by Gasteiger charge is 2.17. The summed E-state index contributed by atoms with van der Waals surface area (Å²) in [5.74, 6) is 0.579. The number of hydrogen-bond donors (Lipinski definition) is 1. The van der Waals surface area contributed by atoms with Gasteiger partial charge in [0.1, 0.15) is 0 Å². The molecule has 0 bridgehead atoms. The summed E-state index contributed by atoms with van der Waals surface area (Å²) in [6.45, 7) is 2.72. The number of fused-ring (bicyclic) bond motifs is 1. The minimum atomic E-state index is 0.0809. The molecular weight excluding hydrogens is 216 g/mol. The van der Waals surface area contributed by atoms with Crippen LogP contribution in [0.1, 0.15) is 12.0 Å². The Hall–Kier alpha value is -1.39. The van der Waals surface area contributed by atoms with Crippen molar-refractivity contribution in [3.05, 3.63) is 30.0 Å². The molecule has 1 N–H and O–H groups in total. The molecule has 1 aliphatic rings. The average Bonchev–Trinajstić information content (AvgIpc) is 2.99. The molecule has 3 rings (SSSR count). The third-order valence-electron chi connectivity index (χ3n) is 3.34. The number of benzene rings is 1. The largest absolute Gasteiger partial charge is 0.392 e. The van der Waals surface area contributed by atoms with Crippen molar-refractivity contribution in [3.8, 4) is 0 Å². The van der Waals surface area contributed by atoms with Crippen molar-refractivity contribution in [2.45, 2.75) is 19.6 Å². The van der Waals surface area contributed by atoms with E-state index in [1.54, 1.807) is 0 Å². The van der Waals surface area contributed by atoms with Crippen LogP contribution in [0.2, 0.25) is 0 Å². The van der Waals surface area contributed by atoms with Gasteiger partial charge in [-0.05, 0) is 24.1 Å². The van der Waals surface area contributed by atoms with E-state index in [-0.39, 0.29) is 6.61 Å². The van der Waals surface area contributed by atoms with Crippen molar-refractivity contribution >= 4 is 10.9 Å². The maximum absolute atomic E-state index is 9.09. The van der Waals surface area contributed by atoms with E-state index in [0.717, 1.165) is 42.6 Å². The zero-order valence-electron chi connectivity index (χ0n) is 9.67. The maximum Gasteiger partial charge on any atom is 0.0682 e. The molecule has 1 aliphatic heterocycles. The average molecular weight is 232 g/mol. The number of aromatic nitrogens is 2. The first-order valence-electron chi connectivity index (χ1n) is 6.00. The second-order valence-electron chi connectivity index (χ2n) is 4.61. The molecule has 1 aromatic heterocycles. The Bertz CT molecular complexity index is 515. The molecule has 2 aromatic rings. The number of aliphatic hydroxyl groups excluding tert-OH is 1. The van der Waals surface area contributed by atoms with Crippen LogP contribution in [-0.4, -0.2) is 28.1 Å². The standard InChI is InChI=1S/C13H16N2O2/c16-8-10-1-2-13-12(5-10)6-14-15(13)7-11-3-4-17-9-11/h1-2,5-6,11,16H,3-4,7-9H2. The molecule has 1 aromatic carbocycles. The normalized spacial score (nSPS) is 20.2. The molecule has 1 unspecified atom stereocenters. The SMILES string of the molecule is OCc1ccc2c(cnn2CC2CCOC2)c1. The van der Waals surface area contributed by atoms with Gasteiger partial charge in [0, 0.05) is 24.5 Å². The summed E-state index contributed by atoms with van der Waals surface area (Å²) < 4.78 is 7.42. The summed E-state index contributed by atoms with van der Waals surface area (Å²) in [7, 11) is 0. The van der Waals surface area contributed by atoms with Gasteiger partial charge in [0.2, 0.25) is 0 Å². The van der Waals surface area contributed by atoms with Gasteiger partial charge in [-0.15, -0.1) is 0 Å². The van der Waals surface area contributed by atoms with Crippen LogP contribution < -0.4 is 0 Å². The van der Waals surface area contributed by atoms with Gasteiger partial charge >= 0.3 is 0 Å². The summed E-state index contributed by atoms with van der Waals surface area (Å²) in [4.78, 5) is 0. The lowest BCUT2D eigenvalue weighted by molar-refractivity contribution is 0.182. The molecule has 2 heterocycles. The van der Waals surface area contributed by atoms with Crippen LogP contribution in [0.3, 0.4) is 0 Å². The zero-order valence-corrected chi connectivity index (χ0v) is 9.67. The molecule has 0 saturated carbocycles. The van der Waals surface area contributed by atoms with Gasteiger partial charge in [-0.25, -0.2) is 0 Å². The van der Waals surface area contributed by atoms with Crippen LogP contribution in [-0.2, 0) is 17.9 Å². The van der Waals surface area contributed by atoms with E-state index < -0.39 is 0 Å². The first kappa shape index (κ1) is 10.7. The fourth-order valence-electron chi connectivity index (χ4n) is 2.35. The molecule has 0 spiro atoms. The van der Waals surface area contributed by atoms with E-state index >= 15 is 0 Å². The van der Waals surface area contributed by atoms with Crippen molar-refractivity contribution < 1.29 is 9.84 Å². The molecular formula is C13H16N2O2. The Labute approximate surface area is 99.8 Å². The number of nitrogens with zero attached hydrogens (tertiary/aromatic N) is 2. The minimum Gasteiger partial charge on any atom is -0.392 e. The first-order chi connectivity index (χ1) is 8.36. The fourth-order valence-corrected chi connectivity index (χ4v) is 2.35. The first-order valence-corrected chi connectivity index (χ1v) is 6.00. The molecule has 0 aliphatic carbocycles. The van der Waals surface area contributed by atoms with Crippen LogP contribution in [0.4, 0.5) is 0 Å². The highest BCUT2D eigenvalue weighted by Crippen LogP contribution is 2.20. The molecule has 90 valence electrons. The highest BCUT2D eigenvalue weighted by atomic mass is 16.5. The summed E-state index contributed by atoms with van der Waals surface area (Å²) in [5, 5.41) is 14.6. The Balaban J connectivity index is 1.89. The summed E-state index contributed by atoms with van der Waals surface area (Å²) in [6.07, 6.45) is 2.99. The second kappa shape index (κ2) is 4.47. The van der Waals surface area contributed by atoms with Gasteiger partial charge in [0.05, 0.1) is 24.9 Å². The summed E-state index contributed by atoms with van der Waals surface area (Å²) in [6, 6.07) is 5.97. The van der Waals surface area contributed by atoms with Crippen molar-refractivity contribution in [2.75, 3.05) is 13.2 Å². The van der Waals surface area contributed by atoms with Gasteiger partial charge in [-0.1, -0.05) is 6.07 Å². The van der Waals surface area contributed by atoms with Crippen molar-refractivity contribution in [1.82, 2.24) is 9.78 Å². The number of rotatable bonds is 3. The second-order valence-corrected chi connectivity index (χ2v) is 4.61. The van der Waals surface area contributed by atoms with E-state index in [1.165, 1.54) is 0 Å². The minimum absolute atomic E-state index is 0.0809. The summed E-state index contributed by atoms with van der Waals surface area (Å²) >= 11 is 0. The number of hydrogen-bond acceptors (Lipinski definition) is 3. The van der Waals surface area contributed by atoms with Gasteiger partial charge in [0.25, 0.3) is 0 Å². The van der Waals surface area contributed by atoms with E-state index in [9.17, 15) is 0 Å². The Morgan fingerprint density at radius 3 is 3.18 bits per heavy atom. The quantitative estimate of drug-likeness (QED) is 0.873. The summed E-state index contributed by atoms with van der Waals surface area (Å²) in [5.41, 5.74) is 2.07. The van der Waals surface area contributed by atoms with E-state index in [0.29, 0.717) is 5.92 Å².